The number of aliphatic hydroxyl groups excluding tert-OH is 1. The summed E-state index contributed by atoms with van der Waals surface area (Å²) in [5, 5.41) is 10.7. The maximum absolute atomic E-state index is 13.2. The molecule has 0 aliphatic carbocycles. The Morgan fingerprint density at radius 1 is 0.250 bits per heavy atom. The summed E-state index contributed by atoms with van der Waals surface area (Å²) in [4.78, 5) is 73.3. The molecule has 0 fully saturated rings. The number of rotatable bonds is 89. The highest BCUT2D eigenvalue weighted by Gasteiger charge is 2.30. The Bertz CT molecular complexity index is 2050. The van der Waals surface area contributed by atoms with Gasteiger partial charge in [-0.3, -0.25) is 37.3 Å². The van der Waals surface area contributed by atoms with Crippen LogP contribution < -0.4 is 0 Å². The topological polar surface area (TPSA) is 237 Å². The average Bonchev–Trinajstić information content (AvgIpc) is 0.900. The summed E-state index contributed by atoms with van der Waals surface area (Å²) >= 11 is 0. The standard InChI is InChI=1S/C89H174O17P2/c1-6-9-12-15-18-21-24-27-30-32-34-35-36-38-40-43-46-49-54-60-65-70-75-89(94)105-84(78-99-86(91)72-67-62-57-52-47-44-42-39-37-33-31-28-25-22-19-16-13-10-7-2)80-103-107(95,96)101-76-83(90)77-102-108(97,98)104-81-85(79-100-87(92)73-68-63-58-55-50-51-56-61-66-71-82(4)5)106-88(93)74-69-64-59-53-48-45-41-29-26-23-20-17-14-11-8-3/h82-85,90H,6-81H2,1-5H3,(H,95,96)(H,97,98)/t83-,84-,85-/m1/s1. The van der Waals surface area contributed by atoms with Gasteiger partial charge in [0.2, 0.25) is 0 Å². The second-order valence-electron chi connectivity index (χ2n) is 32.5. The molecule has 0 saturated carbocycles. The Balaban J connectivity index is 5.23. The summed E-state index contributed by atoms with van der Waals surface area (Å²) in [7, 11) is -9.93. The van der Waals surface area contributed by atoms with Crippen LogP contribution in [0.4, 0.5) is 0 Å². The third-order valence-electron chi connectivity index (χ3n) is 21.0. The fraction of sp³-hybridized carbons (Fsp3) is 0.955. The molecule has 0 amide bonds. The summed E-state index contributed by atoms with van der Waals surface area (Å²) < 4.78 is 69.0. The maximum atomic E-state index is 13.2. The number of hydrogen-bond donors (Lipinski definition) is 3. The largest absolute Gasteiger partial charge is 0.472 e. The smallest absolute Gasteiger partial charge is 0.462 e. The van der Waals surface area contributed by atoms with E-state index in [4.69, 9.17) is 37.0 Å². The molecule has 3 N–H and O–H groups in total. The van der Waals surface area contributed by atoms with Crippen molar-refractivity contribution < 1.29 is 80.2 Å². The molecule has 5 atom stereocenters. The van der Waals surface area contributed by atoms with Crippen LogP contribution >= 0.6 is 15.6 Å². The van der Waals surface area contributed by atoms with Gasteiger partial charge in [0.1, 0.15) is 19.3 Å². The molecule has 19 heteroatoms. The highest BCUT2D eigenvalue weighted by atomic mass is 31.2. The zero-order valence-corrected chi connectivity index (χ0v) is 72.8. The van der Waals surface area contributed by atoms with Gasteiger partial charge >= 0.3 is 39.5 Å². The summed E-state index contributed by atoms with van der Waals surface area (Å²) in [6.07, 6.45) is 76.5. The lowest BCUT2D eigenvalue weighted by atomic mass is 10.0. The molecule has 0 bridgehead atoms. The van der Waals surface area contributed by atoms with Crippen molar-refractivity contribution in [3.05, 3.63) is 0 Å². The second-order valence-corrected chi connectivity index (χ2v) is 35.4. The fourth-order valence-corrected chi connectivity index (χ4v) is 15.6. The van der Waals surface area contributed by atoms with Crippen LogP contribution in [0.15, 0.2) is 0 Å². The quantitative estimate of drug-likeness (QED) is 0.0222. The third kappa shape index (κ3) is 82.1. The van der Waals surface area contributed by atoms with E-state index in [1.807, 2.05) is 0 Å². The van der Waals surface area contributed by atoms with Gasteiger partial charge in [-0.2, -0.15) is 0 Å². The maximum Gasteiger partial charge on any atom is 0.472 e. The lowest BCUT2D eigenvalue weighted by Crippen LogP contribution is -2.30. The van der Waals surface area contributed by atoms with Crippen LogP contribution in [0.3, 0.4) is 0 Å². The summed E-state index contributed by atoms with van der Waals surface area (Å²) in [5.41, 5.74) is 0. The minimum Gasteiger partial charge on any atom is -0.462 e. The molecule has 0 aromatic rings. The van der Waals surface area contributed by atoms with Gasteiger partial charge in [-0.1, -0.05) is 433 Å². The molecule has 0 rings (SSSR count). The molecule has 0 aliphatic heterocycles. The number of esters is 4. The Kier molecular flexibility index (Phi) is 80.2. The minimum atomic E-state index is -4.97. The number of unbranched alkanes of at least 4 members (excludes halogenated alkanes) is 61. The average molecular weight is 1580 g/mol. The molecule has 0 radical (unpaired) electrons. The lowest BCUT2D eigenvalue weighted by Gasteiger charge is -2.21. The number of aliphatic hydroxyl groups is 1. The molecule has 0 spiro atoms. The third-order valence-corrected chi connectivity index (χ3v) is 22.9. The summed E-state index contributed by atoms with van der Waals surface area (Å²) in [6.45, 7) is 7.36. The number of carbonyl (C=O) groups excluding carboxylic acids is 4. The van der Waals surface area contributed by atoms with Crippen LogP contribution in [-0.4, -0.2) is 96.7 Å². The second kappa shape index (κ2) is 81.6. The molecule has 2 unspecified atom stereocenters. The number of carbonyl (C=O) groups is 4. The number of ether oxygens (including phenoxy) is 4. The molecular weight excluding hydrogens is 1400 g/mol. The Morgan fingerprint density at radius 3 is 0.630 bits per heavy atom. The lowest BCUT2D eigenvalue weighted by molar-refractivity contribution is -0.161. The van der Waals surface area contributed by atoms with Crippen molar-refractivity contribution in [1.82, 2.24) is 0 Å². The molecule has 108 heavy (non-hydrogen) atoms. The zero-order valence-electron chi connectivity index (χ0n) is 71.0. The first-order valence-corrected chi connectivity index (χ1v) is 49.1. The van der Waals surface area contributed by atoms with Gasteiger partial charge < -0.3 is 33.8 Å². The van der Waals surface area contributed by atoms with Gasteiger partial charge in [-0.25, -0.2) is 9.13 Å². The summed E-state index contributed by atoms with van der Waals surface area (Å²) in [6, 6.07) is 0. The van der Waals surface area contributed by atoms with E-state index in [0.29, 0.717) is 25.7 Å². The van der Waals surface area contributed by atoms with Crippen LogP contribution in [0.25, 0.3) is 0 Å². The number of phosphoric acid groups is 2. The van der Waals surface area contributed by atoms with E-state index in [2.05, 4.69) is 34.6 Å². The van der Waals surface area contributed by atoms with Crippen LogP contribution in [0.2, 0.25) is 0 Å². The van der Waals surface area contributed by atoms with E-state index in [0.717, 1.165) is 95.8 Å². The minimum absolute atomic E-state index is 0.108. The first-order valence-electron chi connectivity index (χ1n) is 46.1. The first-order chi connectivity index (χ1) is 52.5. The van der Waals surface area contributed by atoms with E-state index in [-0.39, 0.29) is 25.7 Å². The summed E-state index contributed by atoms with van der Waals surface area (Å²) in [5.74, 6) is -1.35. The predicted molar refractivity (Wildman–Crippen MR) is 446 cm³/mol. The first kappa shape index (κ1) is 106. The van der Waals surface area contributed by atoms with E-state index in [1.54, 1.807) is 0 Å². The number of phosphoric ester groups is 2. The molecule has 0 aliphatic rings. The van der Waals surface area contributed by atoms with Crippen molar-refractivity contribution in [1.29, 1.82) is 0 Å². The van der Waals surface area contributed by atoms with Crippen molar-refractivity contribution in [2.75, 3.05) is 39.6 Å². The molecule has 642 valence electrons. The molecular formula is C89H174O17P2. The van der Waals surface area contributed by atoms with E-state index >= 15 is 0 Å². The van der Waals surface area contributed by atoms with Gasteiger partial charge in [-0.05, 0) is 31.6 Å². The van der Waals surface area contributed by atoms with E-state index in [1.165, 1.54) is 308 Å². The normalized spacial score (nSPS) is 13.7. The van der Waals surface area contributed by atoms with Crippen molar-refractivity contribution in [3.63, 3.8) is 0 Å². The number of hydrogen-bond acceptors (Lipinski definition) is 15. The van der Waals surface area contributed by atoms with Crippen molar-refractivity contribution in [2.24, 2.45) is 5.92 Å². The van der Waals surface area contributed by atoms with Crippen molar-refractivity contribution in [2.45, 2.75) is 502 Å². The highest BCUT2D eigenvalue weighted by molar-refractivity contribution is 7.47. The molecule has 0 aromatic carbocycles. The van der Waals surface area contributed by atoms with Crippen LogP contribution in [0, 0.1) is 5.92 Å². The molecule has 0 heterocycles. The van der Waals surface area contributed by atoms with Crippen LogP contribution in [0.5, 0.6) is 0 Å². The van der Waals surface area contributed by atoms with Crippen molar-refractivity contribution >= 4 is 39.5 Å². The van der Waals surface area contributed by atoms with E-state index in [9.17, 15) is 43.2 Å². The van der Waals surface area contributed by atoms with Crippen molar-refractivity contribution in [3.8, 4) is 0 Å². The van der Waals surface area contributed by atoms with Gasteiger partial charge in [0.15, 0.2) is 12.2 Å². The Hall–Kier alpha value is -1.94. The molecule has 0 aromatic heterocycles. The monoisotopic (exact) mass is 1580 g/mol. The zero-order chi connectivity index (χ0) is 79.0. The predicted octanol–water partition coefficient (Wildman–Crippen LogP) is 27.5. The van der Waals surface area contributed by atoms with Gasteiger partial charge in [0, 0.05) is 25.7 Å². The van der Waals surface area contributed by atoms with Gasteiger partial charge in [-0.15, -0.1) is 0 Å². The Labute approximate surface area is 664 Å². The Morgan fingerprint density at radius 2 is 0.426 bits per heavy atom. The van der Waals surface area contributed by atoms with Crippen LogP contribution in [0.1, 0.15) is 484 Å². The molecule has 0 saturated heterocycles. The highest BCUT2D eigenvalue weighted by Crippen LogP contribution is 2.45. The molecule has 17 nitrogen and oxygen atoms in total. The van der Waals surface area contributed by atoms with Crippen LogP contribution in [-0.2, 0) is 65.4 Å². The van der Waals surface area contributed by atoms with Gasteiger partial charge in [0.05, 0.1) is 26.4 Å². The van der Waals surface area contributed by atoms with Gasteiger partial charge in [0.25, 0.3) is 0 Å². The SMILES string of the molecule is CCCCCCCCCCCCCCCCCCCCCCCCC(=O)O[C@H](COC(=O)CCCCCCCCCCCCCCCCCCCCC)COP(=O)(O)OC[C@@H](O)COP(=O)(O)OC[C@@H](COC(=O)CCCCCCCCCCCC(C)C)OC(=O)CCCCCCCCCCCCCCCCC. The fourth-order valence-electron chi connectivity index (χ4n) is 14.0. The van der Waals surface area contributed by atoms with E-state index < -0.39 is 97.5 Å².